The second kappa shape index (κ2) is 8.19. The summed E-state index contributed by atoms with van der Waals surface area (Å²) in [6.45, 7) is 5.52. The molecule has 0 unspecified atom stereocenters. The summed E-state index contributed by atoms with van der Waals surface area (Å²) in [5, 5.41) is 3.21. The summed E-state index contributed by atoms with van der Waals surface area (Å²) >= 11 is 5.02. The average Bonchev–Trinajstić information content (AvgIpc) is 1.96. The van der Waals surface area contributed by atoms with Crippen molar-refractivity contribution in [1.29, 1.82) is 0 Å². The van der Waals surface area contributed by atoms with Gasteiger partial charge in [-0.05, 0) is 0 Å². The van der Waals surface area contributed by atoms with Crippen molar-refractivity contribution in [3.8, 4) is 12.3 Å². The Balaban J connectivity index is 2.92. The Morgan fingerprint density at radius 1 is 1.73 bits per heavy atom. The maximum atomic E-state index is 5.08. The lowest BCUT2D eigenvalue weighted by atomic mass is 10.6. The van der Waals surface area contributed by atoms with Gasteiger partial charge in [0.1, 0.15) is 0 Å². The lowest BCUT2D eigenvalue weighted by Gasteiger charge is -2.00. The fourth-order valence-corrected chi connectivity index (χ4v) is 1.25. The van der Waals surface area contributed by atoms with Crippen LogP contribution in [-0.2, 0) is 0 Å². The Labute approximate surface area is 81.1 Å². The molecule has 0 amide bonds. The van der Waals surface area contributed by atoms with E-state index in [-0.39, 0.29) is 0 Å². The minimum absolute atomic E-state index is 0.803. The van der Waals surface area contributed by atoms with E-state index in [1.165, 1.54) is 0 Å². The smallest absolute Gasteiger partial charge is 0.0545 e. The highest BCUT2D eigenvalue weighted by Gasteiger charge is 1.88. The molecule has 0 rings (SSSR count). The average molecular weight is 234 g/mol. The van der Waals surface area contributed by atoms with Gasteiger partial charge in [0, 0.05) is 23.3 Å². The van der Waals surface area contributed by atoms with Gasteiger partial charge in [0.05, 0.1) is 5.75 Å². The second-order valence-electron chi connectivity index (χ2n) is 1.95. The Morgan fingerprint density at radius 2 is 2.45 bits per heavy atom. The van der Waals surface area contributed by atoms with Crippen LogP contribution in [0.3, 0.4) is 0 Å². The second-order valence-corrected chi connectivity index (χ2v) is 4.18. The van der Waals surface area contributed by atoms with Crippen LogP contribution in [0, 0.1) is 12.3 Å². The zero-order valence-corrected chi connectivity index (χ0v) is 8.80. The van der Waals surface area contributed by atoms with Gasteiger partial charge in [-0.15, -0.1) is 18.2 Å². The van der Waals surface area contributed by atoms with Crippen molar-refractivity contribution in [3.63, 3.8) is 0 Å². The van der Waals surface area contributed by atoms with Gasteiger partial charge in [-0.2, -0.15) is 0 Å². The fraction of sp³-hybridized carbons (Fsp3) is 0.500. The molecule has 11 heavy (non-hydrogen) atoms. The van der Waals surface area contributed by atoms with Gasteiger partial charge in [-0.1, -0.05) is 28.4 Å². The van der Waals surface area contributed by atoms with Crippen LogP contribution in [0.2, 0.25) is 0 Å². The van der Waals surface area contributed by atoms with E-state index in [0.717, 1.165) is 29.1 Å². The molecule has 0 aromatic carbocycles. The van der Waals surface area contributed by atoms with E-state index in [1.54, 1.807) is 11.8 Å². The van der Waals surface area contributed by atoms with Crippen LogP contribution in [0.5, 0.6) is 0 Å². The fourth-order valence-electron chi connectivity index (χ4n) is 0.499. The van der Waals surface area contributed by atoms with Gasteiger partial charge < -0.3 is 5.32 Å². The highest BCUT2D eigenvalue weighted by atomic mass is 79.9. The first-order valence-electron chi connectivity index (χ1n) is 3.32. The molecule has 0 bridgehead atoms. The molecule has 0 saturated carbocycles. The third-order valence-corrected chi connectivity index (χ3v) is 2.07. The van der Waals surface area contributed by atoms with Crippen LogP contribution in [0.1, 0.15) is 0 Å². The lowest BCUT2D eigenvalue weighted by molar-refractivity contribution is 0.803. The third kappa shape index (κ3) is 10.1. The summed E-state index contributed by atoms with van der Waals surface area (Å²) in [6.07, 6.45) is 5.08. The van der Waals surface area contributed by atoms with E-state index < -0.39 is 0 Å². The summed E-state index contributed by atoms with van der Waals surface area (Å²) < 4.78 is 0.986. The van der Waals surface area contributed by atoms with Gasteiger partial charge in [0.15, 0.2) is 0 Å². The molecular weight excluding hydrogens is 222 g/mol. The minimum Gasteiger partial charge on any atom is -0.311 e. The van der Waals surface area contributed by atoms with Gasteiger partial charge >= 0.3 is 0 Å². The van der Waals surface area contributed by atoms with Crippen molar-refractivity contribution >= 4 is 27.7 Å². The molecule has 1 nitrogen and oxygen atoms in total. The predicted octanol–water partition coefficient (Wildman–Crippen LogP) is 1.85. The highest BCUT2D eigenvalue weighted by Crippen LogP contribution is 1.98. The van der Waals surface area contributed by atoms with Gasteiger partial charge in [0.2, 0.25) is 0 Å². The SMILES string of the molecule is C#CCSCCNCC(=C)Br. The molecule has 0 spiro atoms. The van der Waals surface area contributed by atoms with E-state index in [4.69, 9.17) is 6.42 Å². The lowest BCUT2D eigenvalue weighted by Crippen LogP contribution is -2.18. The Bertz CT molecular complexity index is 151. The van der Waals surface area contributed by atoms with Crippen LogP contribution >= 0.6 is 27.7 Å². The molecule has 0 aliphatic rings. The van der Waals surface area contributed by atoms with E-state index in [9.17, 15) is 0 Å². The van der Waals surface area contributed by atoms with E-state index in [1.807, 2.05) is 0 Å². The van der Waals surface area contributed by atoms with E-state index >= 15 is 0 Å². The normalized spacial score (nSPS) is 9.09. The first-order chi connectivity index (χ1) is 5.27. The number of thioether (sulfide) groups is 1. The molecule has 1 N–H and O–H groups in total. The zero-order chi connectivity index (χ0) is 8.53. The van der Waals surface area contributed by atoms with Crippen molar-refractivity contribution in [2.24, 2.45) is 0 Å². The third-order valence-electron chi connectivity index (χ3n) is 0.925. The van der Waals surface area contributed by atoms with Crippen LogP contribution in [-0.4, -0.2) is 24.6 Å². The van der Waals surface area contributed by atoms with Crippen LogP contribution in [0.4, 0.5) is 0 Å². The summed E-state index contributed by atoms with van der Waals surface area (Å²) in [5.41, 5.74) is 0. The molecule has 0 aliphatic heterocycles. The van der Waals surface area contributed by atoms with Crippen molar-refractivity contribution in [3.05, 3.63) is 11.1 Å². The minimum atomic E-state index is 0.803. The topological polar surface area (TPSA) is 12.0 Å². The summed E-state index contributed by atoms with van der Waals surface area (Å²) in [5.74, 6) is 4.44. The van der Waals surface area contributed by atoms with E-state index in [2.05, 4.69) is 33.7 Å². The molecule has 0 aromatic rings. The summed E-state index contributed by atoms with van der Waals surface area (Å²) in [7, 11) is 0. The molecule has 0 atom stereocenters. The standard InChI is InChI=1S/C8H12BrNS/c1-3-5-11-6-4-10-7-8(2)9/h1,10H,2,4-7H2. The van der Waals surface area contributed by atoms with Crippen LogP contribution in [0.15, 0.2) is 11.1 Å². The number of halogens is 1. The molecule has 0 aromatic heterocycles. The molecule has 0 heterocycles. The molecule has 3 heteroatoms. The largest absolute Gasteiger partial charge is 0.311 e. The van der Waals surface area contributed by atoms with Crippen LogP contribution < -0.4 is 5.32 Å². The Morgan fingerprint density at radius 3 is 3.00 bits per heavy atom. The highest BCUT2D eigenvalue weighted by molar-refractivity contribution is 9.11. The Hall–Kier alpha value is 0.0900. The Kier molecular flexibility index (Phi) is 8.26. The zero-order valence-electron chi connectivity index (χ0n) is 6.40. The van der Waals surface area contributed by atoms with Crippen molar-refractivity contribution in [2.45, 2.75) is 0 Å². The van der Waals surface area contributed by atoms with Gasteiger partial charge in [-0.25, -0.2) is 0 Å². The van der Waals surface area contributed by atoms with Gasteiger partial charge in [0.25, 0.3) is 0 Å². The first kappa shape index (κ1) is 11.1. The van der Waals surface area contributed by atoms with Crippen molar-refractivity contribution in [1.82, 2.24) is 5.32 Å². The molecule has 0 radical (unpaired) electrons. The number of nitrogens with one attached hydrogen (secondary N) is 1. The van der Waals surface area contributed by atoms with Gasteiger partial charge in [-0.3, -0.25) is 0 Å². The van der Waals surface area contributed by atoms with Crippen molar-refractivity contribution < 1.29 is 0 Å². The predicted molar refractivity (Wildman–Crippen MR) is 57.1 cm³/mol. The first-order valence-corrected chi connectivity index (χ1v) is 5.27. The number of terminal acetylenes is 1. The molecule has 62 valence electrons. The summed E-state index contributed by atoms with van der Waals surface area (Å²) in [6, 6.07) is 0. The number of rotatable bonds is 6. The molecular formula is C8H12BrNS. The van der Waals surface area contributed by atoms with E-state index in [0.29, 0.717) is 0 Å². The number of hydrogen-bond donors (Lipinski definition) is 1. The molecule has 0 saturated heterocycles. The maximum Gasteiger partial charge on any atom is 0.0545 e. The number of hydrogen-bond acceptors (Lipinski definition) is 2. The molecule has 0 fully saturated rings. The van der Waals surface area contributed by atoms with Crippen molar-refractivity contribution in [2.75, 3.05) is 24.6 Å². The summed E-state index contributed by atoms with van der Waals surface area (Å²) in [4.78, 5) is 0. The van der Waals surface area contributed by atoms with Crippen LogP contribution in [0.25, 0.3) is 0 Å². The molecule has 0 aliphatic carbocycles. The monoisotopic (exact) mass is 233 g/mol. The maximum absolute atomic E-state index is 5.08. The quantitative estimate of drug-likeness (QED) is 0.556.